The highest BCUT2D eigenvalue weighted by Gasteiger charge is 2.22. The van der Waals surface area contributed by atoms with E-state index in [4.69, 9.17) is 23.7 Å². The Kier molecular flexibility index (Phi) is 8.73. The molecule has 154 valence electrons. The summed E-state index contributed by atoms with van der Waals surface area (Å²) < 4.78 is 27.0. The molecule has 2 amide bonds. The monoisotopic (exact) mass is 395 g/mol. The number of imide groups is 1. The van der Waals surface area contributed by atoms with E-state index in [1.54, 1.807) is 12.1 Å². The van der Waals surface area contributed by atoms with E-state index >= 15 is 0 Å². The van der Waals surface area contributed by atoms with Gasteiger partial charge >= 0.3 is 0 Å². The minimum absolute atomic E-state index is 0.132. The van der Waals surface area contributed by atoms with Crippen LogP contribution in [0.2, 0.25) is 0 Å². The highest BCUT2D eigenvalue weighted by Crippen LogP contribution is 2.38. The minimum Gasteiger partial charge on any atom is -0.493 e. The predicted molar refractivity (Wildman–Crippen MR) is 98.5 cm³/mol. The topological polar surface area (TPSA) is 104 Å². The van der Waals surface area contributed by atoms with Crippen molar-refractivity contribution in [3.8, 4) is 17.2 Å². The van der Waals surface area contributed by atoms with E-state index in [2.05, 4.69) is 0 Å². The van der Waals surface area contributed by atoms with E-state index < -0.39 is 0 Å². The second-order valence-corrected chi connectivity index (χ2v) is 5.72. The zero-order valence-electron chi connectivity index (χ0n) is 16.0. The average Bonchev–Trinajstić information content (AvgIpc) is 3.03. The number of methoxy groups -OCH3 is 2. The summed E-state index contributed by atoms with van der Waals surface area (Å²) in [5.74, 6) is 0.731. The molecule has 9 heteroatoms. The van der Waals surface area contributed by atoms with Gasteiger partial charge in [-0.25, -0.2) is 0 Å². The van der Waals surface area contributed by atoms with Gasteiger partial charge in [0, 0.05) is 12.2 Å². The van der Waals surface area contributed by atoms with Gasteiger partial charge in [-0.1, -0.05) is 0 Å². The Morgan fingerprint density at radius 1 is 0.857 bits per heavy atom. The molecule has 0 atom stereocenters. The molecule has 1 aliphatic heterocycles. The molecule has 0 aliphatic carbocycles. The number of amides is 2. The van der Waals surface area contributed by atoms with E-state index in [1.807, 2.05) is 0 Å². The molecule has 2 rings (SSSR count). The molecule has 0 saturated heterocycles. The van der Waals surface area contributed by atoms with Gasteiger partial charge in [0.1, 0.15) is 6.61 Å². The fraction of sp³-hybridized carbons (Fsp3) is 0.474. The van der Waals surface area contributed by atoms with Crippen molar-refractivity contribution in [2.75, 3.05) is 53.8 Å². The number of benzene rings is 1. The van der Waals surface area contributed by atoms with Crippen LogP contribution < -0.4 is 14.2 Å². The summed E-state index contributed by atoms with van der Waals surface area (Å²) in [6.07, 6.45) is 2.49. The fourth-order valence-corrected chi connectivity index (χ4v) is 2.50. The van der Waals surface area contributed by atoms with E-state index in [0.717, 1.165) is 4.90 Å². The van der Waals surface area contributed by atoms with Crippen LogP contribution in [-0.4, -0.2) is 75.6 Å². The van der Waals surface area contributed by atoms with Crippen molar-refractivity contribution in [1.29, 1.82) is 0 Å². The van der Waals surface area contributed by atoms with Crippen LogP contribution >= 0.6 is 0 Å². The lowest BCUT2D eigenvalue weighted by Gasteiger charge is -2.16. The molecule has 9 nitrogen and oxygen atoms in total. The maximum absolute atomic E-state index is 11.4. The summed E-state index contributed by atoms with van der Waals surface area (Å²) in [4.78, 5) is 23.8. The number of carbonyl (C=O) groups excluding carboxylic acids is 2. The molecule has 1 aliphatic rings. The fourth-order valence-electron chi connectivity index (χ4n) is 2.50. The number of nitrogens with zero attached hydrogens (tertiary/aromatic N) is 1. The number of ether oxygens (including phenoxy) is 5. The molecule has 1 N–H and O–H groups in total. The Hall–Kier alpha value is -2.62. The van der Waals surface area contributed by atoms with Crippen molar-refractivity contribution in [3.05, 3.63) is 29.8 Å². The van der Waals surface area contributed by atoms with Gasteiger partial charge in [0.25, 0.3) is 11.8 Å². The Morgan fingerprint density at radius 2 is 1.39 bits per heavy atom. The van der Waals surface area contributed by atoms with Gasteiger partial charge in [0.2, 0.25) is 5.75 Å². The molecule has 0 saturated carbocycles. The largest absolute Gasteiger partial charge is 0.493 e. The van der Waals surface area contributed by atoms with Crippen molar-refractivity contribution >= 4 is 11.8 Å². The highest BCUT2D eigenvalue weighted by molar-refractivity contribution is 6.12. The number of hydrogen-bond acceptors (Lipinski definition) is 8. The zero-order chi connectivity index (χ0) is 20.4. The van der Waals surface area contributed by atoms with E-state index in [0.29, 0.717) is 42.6 Å². The van der Waals surface area contributed by atoms with Gasteiger partial charge < -0.3 is 28.8 Å². The van der Waals surface area contributed by atoms with Crippen molar-refractivity contribution in [2.24, 2.45) is 0 Å². The van der Waals surface area contributed by atoms with Gasteiger partial charge in [0.15, 0.2) is 11.5 Å². The van der Waals surface area contributed by atoms with Crippen LogP contribution in [0, 0.1) is 0 Å². The van der Waals surface area contributed by atoms with Crippen molar-refractivity contribution in [1.82, 2.24) is 4.90 Å². The second kappa shape index (κ2) is 11.3. The van der Waals surface area contributed by atoms with Crippen LogP contribution in [0.25, 0.3) is 0 Å². The zero-order valence-corrected chi connectivity index (χ0v) is 16.0. The first-order chi connectivity index (χ1) is 13.6. The minimum atomic E-state index is -0.320. The van der Waals surface area contributed by atoms with Gasteiger partial charge in [-0.2, -0.15) is 0 Å². The third kappa shape index (κ3) is 5.95. The summed E-state index contributed by atoms with van der Waals surface area (Å²) in [6.45, 7) is 1.62. The first kappa shape index (κ1) is 21.7. The third-order valence-corrected chi connectivity index (χ3v) is 3.91. The molecule has 28 heavy (non-hydrogen) atoms. The van der Waals surface area contributed by atoms with Crippen LogP contribution in [0.15, 0.2) is 24.3 Å². The molecule has 0 unspecified atom stereocenters. The van der Waals surface area contributed by atoms with Gasteiger partial charge in [0.05, 0.1) is 53.8 Å². The maximum Gasteiger partial charge on any atom is 0.253 e. The first-order valence-corrected chi connectivity index (χ1v) is 8.78. The highest BCUT2D eigenvalue weighted by atomic mass is 16.6. The number of carbonyl (C=O) groups is 2. The molecule has 0 radical (unpaired) electrons. The standard InChI is InChI=1S/C19H25NO8/c1-24-15-11-14(13-21)12-16(25-2)19(15)28-10-9-27-8-7-26-6-5-20-17(22)3-4-18(20)23/h3-4,11-12,21H,5-10,13H2,1-2H3. The Bertz CT molecular complexity index is 660. The molecular formula is C19H25NO8. The molecule has 1 heterocycles. The van der Waals surface area contributed by atoms with Crippen LogP contribution in [-0.2, 0) is 25.7 Å². The Morgan fingerprint density at radius 3 is 1.93 bits per heavy atom. The molecule has 0 aromatic heterocycles. The summed E-state index contributed by atoms with van der Waals surface area (Å²) in [6, 6.07) is 3.36. The summed E-state index contributed by atoms with van der Waals surface area (Å²) >= 11 is 0. The molecule has 0 spiro atoms. The number of hydrogen-bond donors (Lipinski definition) is 1. The van der Waals surface area contributed by atoms with E-state index in [-0.39, 0.29) is 38.2 Å². The average molecular weight is 395 g/mol. The molecule has 0 fully saturated rings. The Balaban J connectivity index is 1.62. The van der Waals surface area contributed by atoms with Crippen LogP contribution in [0.5, 0.6) is 17.2 Å². The van der Waals surface area contributed by atoms with Crippen LogP contribution in [0.3, 0.4) is 0 Å². The molecule has 0 bridgehead atoms. The lowest BCUT2D eigenvalue weighted by Crippen LogP contribution is -2.33. The summed E-state index contributed by atoms with van der Waals surface area (Å²) in [7, 11) is 3.02. The summed E-state index contributed by atoms with van der Waals surface area (Å²) in [5, 5.41) is 9.27. The van der Waals surface area contributed by atoms with Crippen molar-refractivity contribution in [2.45, 2.75) is 6.61 Å². The number of rotatable bonds is 13. The maximum atomic E-state index is 11.4. The van der Waals surface area contributed by atoms with Gasteiger partial charge in [-0.3, -0.25) is 14.5 Å². The smallest absolute Gasteiger partial charge is 0.253 e. The van der Waals surface area contributed by atoms with Gasteiger partial charge in [-0.05, 0) is 17.7 Å². The molecule has 1 aromatic carbocycles. The summed E-state index contributed by atoms with van der Waals surface area (Å²) in [5.41, 5.74) is 0.655. The SMILES string of the molecule is COc1cc(CO)cc(OC)c1OCCOCCOCCN1C(=O)C=CC1=O. The van der Waals surface area contributed by atoms with Crippen LogP contribution in [0.1, 0.15) is 5.56 Å². The van der Waals surface area contributed by atoms with E-state index in [9.17, 15) is 14.7 Å². The second-order valence-electron chi connectivity index (χ2n) is 5.72. The Labute approximate surface area is 163 Å². The molecular weight excluding hydrogens is 370 g/mol. The first-order valence-electron chi connectivity index (χ1n) is 8.78. The van der Waals surface area contributed by atoms with E-state index in [1.165, 1.54) is 26.4 Å². The third-order valence-electron chi connectivity index (χ3n) is 3.91. The lowest BCUT2D eigenvalue weighted by molar-refractivity contribution is -0.137. The van der Waals surface area contributed by atoms with Crippen LogP contribution in [0.4, 0.5) is 0 Å². The molecule has 1 aromatic rings. The van der Waals surface area contributed by atoms with Crippen molar-refractivity contribution in [3.63, 3.8) is 0 Å². The predicted octanol–water partition coefficient (Wildman–Crippen LogP) is 0.533. The van der Waals surface area contributed by atoms with Crippen molar-refractivity contribution < 1.29 is 38.4 Å². The number of aliphatic hydroxyl groups excluding tert-OH is 1. The van der Waals surface area contributed by atoms with Gasteiger partial charge in [-0.15, -0.1) is 0 Å². The lowest BCUT2D eigenvalue weighted by atomic mass is 10.2. The quantitative estimate of drug-likeness (QED) is 0.381. The normalized spacial score (nSPS) is 13.3. The number of aliphatic hydroxyl groups is 1.